The molecule has 2 aromatic carbocycles. The van der Waals surface area contributed by atoms with E-state index in [1.807, 2.05) is 62.5 Å². The van der Waals surface area contributed by atoms with Crippen LogP contribution >= 0.6 is 24.0 Å². The van der Waals surface area contributed by atoms with Crippen molar-refractivity contribution >= 4 is 40.7 Å². The zero-order chi connectivity index (χ0) is 20.5. The van der Waals surface area contributed by atoms with Crippen LogP contribution in [-0.4, -0.2) is 37.2 Å². The molecule has 0 saturated heterocycles. The van der Waals surface area contributed by atoms with Gasteiger partial charge in [0.1, 0.15) is 6.10 Å². The van der Waals surface area contributed by atoms with Crippen molar-refractivity contribution in [1.82, 2.24) is 15.6 Å². The minimum atomic E-state index is -0.0640. The zero-order valence-electron chi connectivity index (χ0n) is 17.6. The van der Waals surface area contributed by atoms with Gasteiger partial charge in [-0.15, -0.1) is 24.0 Å². The van der Waals surface area contributed by atoms with Gasteiger partial charge in [0.05, 0.1) is 25.9 Å². The summed E-state index contributed by atoms with van der Waals surface area (Å²) >= 11 is 0. The van der Waals surface area contributed by atoms with Crippen LogP contribution < -0.4 is 20.1 Å². The molecular weight excluding hydrogens is 491 g/mol. The van der Waals surface area contributed by atoms with E-state index in [2.05, 4.69) is 27.8 Å². The Hall–Kier alpha value is -2.55. The van der Waals surface area contributed by atoms with Crippen molar-refractivity contribution in [2.45, 2.75) is 26.5 Å². The van der Waals surface area contributed by atoms with Gasteiger partial charge in [0.2, 0.25) is 0 Å². The minimum Gasteiger partial charge on any atom is -0.493 e. The lowest BCUT2D eigenvalue weighted by Gasteiger charge is -2.19. The molecule has 3 rings (SSSR count). The summed E-state index contributed by atoms with van der Waals surface area (Å²) < 4.78 is 11.3. The van der Waals surface area contributed by atoms with E-state index in [4.69, 9.17) is 14.5 Å². The molecule has 1 unspecified atom stereocenters. The van der Waals surface area contributed by atoms with Gasteiger partial charge >= 0.3 is 0 Å². The molecule has 0 saturated carbocycles. The number of nitrogens with zero attached hydrogens (tertiary/aromatic N) is 2. The minimum absolute atomic E-state index is 0. The monoisotopic (exact) mass is 520 g/mol. The average molecular weight is 520 g/mol. The zero-order valence-corrected chi connectivity index (χ0v) is 19.9. The van der Waals surface area contributed by atoms with Crippen molar-refractivity contribution in [2.24, 2.45) is 4.99 Å². The number of nitrogens with one attached hydrogen (secondary N) is 2. The lowest BCUT2D eigenvalue weighted by molar-refractivity contribution is 0.213. The van der Waals surface area contributed by atoms with Crippen LogP contribution in [0.25, 0.3) is 10.8 Å². The molecule has 1 heterocycles. The van der Waals surface area contributed by atoms with Gasteiger partial charge in [0.25, 0.3) is 0 Å². The molecular formula is C23H29IN4O2. The van der Waals surface area contributed by atoms with E-state index in [-0.39, 0.29) is 30.1 Å². The van der Waals surface area contributed by atoms with Crippen LogP contribution in [0.15, 0.2) is 65.8 Å². The average Bonchev–Trinajstić information content (AvgIpc) is 2.76. The topological polar surface area (TPSA) is 67.8 Å². The summed E-state index contributed by atoms with van der Waals surface area (Å²) in [6.45, 7) is 5.93. The van der Waals surface area contributed by atoms with Crippen molar-refractivity contribution < 1.29 is 9.47 Å². The smallest absolute Gasteiger partial charge is 0.191 e. The van der Waals surface area contributed by atoms with Crippen LogP contribution in [0.2, 0.25) is 0 Å². The number of ether oxygens (including phenoxy) is 2. The molecule has 0 spiro atoms. The standard InChI is InChI=1S/C23H28N4O2.HI/c1-4-24-23(26-15-17(2)29-22-12-8-7-11-21(22)28-3)27-16-20-19-10-6-5-9-18(19)13-14-25-20;/h5-14,17H,4,15-16H2,1-3H3,(H2,24,26,27);1H. The lowest BCUT2D eigenvalue weighted by atomic mass is 10.1. The molecule has 160 valence electrons. The number of benzene rings is 2. The van der Waals surface area contributed by atoms with Crippen LogP contribution in [-0.2, 0) is 6.54 Å². The summed E-state index contributed by atoms with van der Waals surface area (Å²) in [4.78, 5) is 9.21. The maximum atomic E-state index is 6.00. The Morgan fingerprint density at radius 1 is 1.03 bits per heavy atom. The highest BCUT2D eigenvalue weighted by Gasteiger charge is 2.09. The third-order valence-electron chi connectivity index (χ3n) is 4.44. The number of hydrogen-bond donors (Lipinski definition) is 2. The predicted molar refractivity (Wildman–Crippen MR) is 133 cm³/mol. The quantitative estimate of drug-likeness (QED) is 0.262. The van der Waals surface area contributed by atoms with Crippen LogP contribution in [0.4, 0.5) is 0 Å². The van der Waals surface area contributed by atoms with E-state index < -0.39 is 0 Å². The normalized spacial score (nSPS) is 12.0. The van der Waals surface area contributed by atoms with Gasteiger partial charge in [-0.3, -0.25) is 4.98 Å². The SMILES string of the molecule is CCNC(=NCc1nccc2ccccc12)NCC(C)Oc1ccccc1OC.I. The number of rotatable bonds is 8. The molecule has 1 atom stereocenters. The Morgan fingerprint density at radius 2 is 1.77 bits per heavy atom. The molecule has 0 amide bonds. The highest BCUT2D eigenvalue weighted by molar-refractivity contribution is 14.0. The molecule has 3 aromatic rings. The molecule has 0 fully saturated rings. The number of aromatic nitrogens is 1. The molecule has 0 aliphatic heterocycles. The molecule has 0 aliphatic carbocycles. The van der Waals surface area contributed by atoms with Crippen molar-refractivity contribution in [3.8, 4) is 11.5 Å². The van der Waals surface area contributed by atoms with Crippen LogP contribution in [0.5, 0.6) is 11.5 Å². The second-order valence-electron chi connectivity index (χ2n) is 6.63. The van der Waals surface area contributed by atoms with Gasteiger partial charge in [0, 0.05) is 18.1 Å². The largest absolute Gasteiger partial charge is 0.493 e. The summed E-state index contributed by atoms with van der Waals surface area (Å²) in [6.07, 6.45) is 1.77. The fraction of sp³-hybridized carbons (Fsp3) is 0.304. The Morgan fingerprint density at radius 3 is 2.53 bits per heavy atom. The highest BCUT2D eigenvalue weighted by atomic mass is 127. The molecule has 6 nitrogen and oxygen atoms in total. The summed E-state index contributed by atoms with van der Waals surface area (Å²) in [5.74, 6) is 2.19. The van der Waals surface area contributed by atoms with E-state index >= 15 is 0 Å². The maximum Gasteiger partial charge on any atom is 0.191 e. The van der Waals surface area contributed by atoms with E-state index in [1.165, 1.54) is 5.39 Å². The molecule has 0 bridgehead atoms. The second-order valence-corrected chi connectivity index (χ2v) is 6.63. The van der Waals surface area contributed by atoms with Gasteiger partial charge in [-0.05, 0) is 37.4 Å². The summed E-state index contributed by atoms with van der Waals surface area (Å²) in [5.41, 5.74) is 0.957. The van der Waals surface area contributed by atoms with Gasteiger partial charge in [-0.2, -0.15) is 0 Å². The fourth-order valence-electron chi connectivity index (χ4n) is 3.02. The van der Waals surface area contributed by atoms with Crippen LogP contribution in [0.1, 0.15) is 19.5 Å². The Kier molecular flexibility index (Phi) is 9.66. The Bertz CT molecular complexity index is 959. The number of hydrogen-bond acceptors (Lipinski definition) is 4. The van der Waals surface area contributed by atoms with Crippen molar-refractivity contribution in [1.29, 1.82) is 0 Å². The van der Waals surface area contributed by atoms with Crippen molar-refractivity contribution in [3.05, 3.63) is 66.5 Å². The number of pyridine rings is 1. The molecule has 7 heteroatoms. The van der Waals surface area contributed by atoms with E-state index in [0.717, 1.165) is 35.1 Å². The first-order valence-corrected chi connectivity index (χ1v) is 9.85. The summed E-state index contributed by atoms with van der Waals surface area (Å²) in [6, 6.07) is 17.9. The first kappa shape index (κ1) is 23.7. The third kappa shape index (κ3) is 6.48. The molecule has 0 aliphatic rings. The lowest BCUT2D eigenvalue weighted by Crippen LogP contribution is -2.41. The van der Waals surface area contributed by atoms with Gasteiger partial charge in [0.15, 0.2) is 17.5 Å². The summed E-state index contributed by atoms with van der Waals surface area (Å²) in [7, 11) is 1.64. The number of aliphatic imine (C=N–C) groups is 1. The Balaban J connectivity index is 0.00000320. The second kappa shape index (κ2) is 12.2. The predicted octanol–water partition coefficient (Wildman–Crippen LogP) is 4.38. The number of fused-ring (bicyclic) bond motifs is 1. The van der Waals surface area contributed by atoms with Crippen molar-refractivity contribution in [3.63, 3.8) is 0 Å². The first-order valence-electron chi connectivity index (χ1n) is 9.85. The molecule has 2 N–H and O–H groups in total. The van der Waals surface area contributed by atoms with Gasteiger partial charge < -0.3 is 20.1 Å². The fourth-order valence-corrected chi connectivity index (χ4v) is 3.02. The number of guanidine groups is 1. The highest BCUT2D eigenvalue weighted by Crippen LogP contribution is 2.26. The third-order valence-corrected chi connectivity index (χ3v) is 4.44. The van der Waals surface area contributed by atoms with Gasteiger partial charge in [-0.1, -0.05) is 36.4 Å². The van der Waals surface area contributed by atoms with E-state index in [0.29, 0.717) is 13.1 Å². The number of methoxy groups -OCH3 is 1. The number of halogens is 1. The molecule has 0 radical (unpaired) electrons. The van der Waals surface area contributed by atoms with Crippen LogP contribution in [0, 0.1) is 0 Å². The molecule has 1 aromatic heterocycles. The van der Waals surface area contributed by atoms with E-state index in [9.17, 15) is 0 Å². The van der Waals surface area contributed by atoms with Crippen molar-refractivity contribution in [2.75, 3.05) is 20.2 Å². The Labute approximate surface area is 195 Å². The number of para-hydroxylation sites is 2. The van der Waals surface area contributed by atoms with Gasteiger partial charge in [-0.25, -0.2) is 4.99 Å². The molecule has 30 heavy (non-hydrogen) atoms. The van der Waals surface area contributed by atoms with E-state index in [1.54, 1.807) is 7.11 Å². The van der Waals surface area contributed by atoms with Crippen LogP contribution in [0.3, 0.4) is 0 Å². The first-order chi connectivity index (χ1) is 14.2. The maximum absolute atomic E-state index is 6.00. The summed E-state index contributed by atoms with van der Waals surface area (Å²) in [5, 5.41) is 8.91.